The third-order valence-electron chi connectivity index (χ3n) is 3.40. The van der Waals surface area contributed by atoms with Crippen LogP contribution in [0.15, 0.2) is 23.2 Å². The van der Waals surface area contributed by atoms with Gasteiger partial charge in [0, 0.05) is 12.6 Å². The number of hydrogen-bond acceptors (Lipinski definition) is 6. The summed E-state index contributed by atoms with van der Waals surface area (Å²) in [6.45, 7) is 2.87. The van der Waals surface area contributed by atoms with Gasteiger partial charge in [0.1, 0.15) is 12.1 Å². The first-order chi connectivity index (χ1) is 9.61. The van der Waals surface area contributed by atoms with Crippen molar-refractivity contribution in [1.82, 2.24) is 14.9 Å². The number of thiophene rings is 1. The van der Waals surface area contributed by atoms with Crippen LogP contribution in [0.1, 0.15) is 18.1 Å². The fourth-order valence-electron chi connectivity index (χ4n) is 2.04. The molecule has 0 saturated carbocycles. The van der Waals surface area contributed by atoms with Crippen molar-refractivity contribution in [3.05, 3.63) is 34.3 Å². The van der Waals surface area contributed by atoms with Crippen molar-refractivity contribution in [1.29, 1.82) is 0 Å². The summed E-state index contributed by atoms with van der Waals surface area (Å²) in [7, 11) is 3.67. The molecule has 2 aromatic rings. The number of rotatable bonds is 6. The zero-order valence-electron chi connectivity index (χ0n) is 12.0. The van der Waals surface area contributed by atoms with E-state index in [0.717, 1.165) is 12.0 Å². The van der Waals surface area contributed by atoms with Crippen molar-refractivity contribution in [3.63, 3.8) is 0 Å². The lowest BCUT2D eigenvalue weighted by molar-refractivity contribution is 0.243. The molecule has 20 heavy (non-hydrogen) atoms. The number of anilines is 1. The average molecular weight is 292 g/mol. The highest BCUT2D eigenvalue weighted by Crippen LogP contribution is 2.22. The third kappa shape index (κ3) is 3.46. The molecule has 2 N–H and O–H groups in total. The summed E-state index contributed by atoms with van der Waals surface area (Å²) in [5.41, 5.74) is 8.13. The number of hydrogen-bond donors (Lipinski definition) is 1. The molecule has 0 unspecified atom stereocenters. The lowest BCUT2D eigenvalue weighted by Crippen LogP contribution is -2.31. The zero-order chi connectivity index (χ0) is 14.5. The van der Waals surface area contributed by atoms with Crippen LogP contribution in [0.3, 0.4) is 0 Å². The number of likely N-dealkylation sites (N-methyl/N-ethyl adjacent to an activating group) is 1. The first kappa shape index (κ1) is 14.7. The topological polar surface area (TPSA) is 64.3 Å². The molecule has 2 aromatic heterocycles. The van der Waals surface area contributed by atoms with Gasteiger partial charge in [-0.1, -0.05) is 0 Å². The molecule has 0 bridgehead atoms. The minimum absolute atomic E-state index is 0.397. The van der Waals surface area contributed by atoms with E-state index in [2.05, 4.69) is 45.7 Å². The Hall–Kier alpha value is -1.66. The molecule has 0 aromatic carbocycles. The second kappa shape index (κ2) is 6.67. The van der Waals surface area contributed by atoms with Gasteiger partial charge in [0.2, 0.25) is 5.88 Å². The third-order valence-corrected chi connectivity index (χ3v) is 4.14. The van der Waals surface area contributed by atoms with Gasteiger partial charge in [-0.15, -0.1) is 0 Å². The average Bonchev–Trinajstić information content (AvgIpc) is 2.93. The highest BCUT2D eigenvalue weighted by atomic mass is 32.1. The van der Waals surface area contributed by atoms with Crippen LogP contribution in [0.5, 0.6) is 5.88 Å². The van der Waals surface area contributed by atoms with Crippen molar-refractivity contribution in [2.75, 3.05) is 19.9 Å². The van der Waals surface area contributed by atoms with Gasteiger partial charge in [-0.2, -0.15) is 11.3 Å². The first-order valence-electron chi connectivity index (χ1n) is 6.46. The summed E-state index contributed by atoms with van der Waals surface area (Å²) in [4.78, 5) is 10.4. The monoisotopic (exact) mass is 292 g/mol. The van der Waals surface area contributed by atoms with E-state index in [-0.39, 0.29) is 0 Å². The molecule has 0 amide bonds. The molecule has 2 rings (SSSR count). The molecule has 0 aliphatic carbocycles. The van der Waals surface area contributed by atoms with E-state index in [1.54, 1.807) is 18.4 Å². The highest BCUT2D eigenvalue weighted by Gasteiger charge is 2.16. The summed E-state index contributed by atoms with van der Waals surface area (Å²) in [6.07, 6.45) is 2.43. The van der Waals surface area contributed by atoms with Crippen LogP contribution in [-0.4, -0.2) is 35.1 Å². The number of nitrogens with two attached hydrogens (primary N) is 1. The number of aromatic nitrogens is 2. The van der Waals surface area contributed by atoms with Crippen LogP contribution in [0, 0.1) is 0 Å². The summed E-state index contributed by atoms with van der Waals surface area (Å²) in [5, 5.41) is 4.29. The Morgan fingerprint density at radius 2 is 2.25 bits per heavy atom. The SMILES string of the molecule is COc1ncnc(N)c1CN(C)[C@H](C)Cc1ccsc1. The Morgan fingerprint density at radius 3 is 2.90 bits per heavy atom. The molecule has 108 valence electrons. The van der Waals surface area contributed by atoms with E-state index in [1.807, 2.05) is 0 Å². The Labute approximate surface area is 123 Å². The minimum Gasteiger partial charge on any atom is -0.481 e. The van der Waals surface area contributed by atoms with Gasteiger partial charge in [-0.3, -0.25) is 4.90 Å². The van der Waals surface area contributed by atoms with E-state index in [0.29, 0.717) is 24.3 Å². The van der Waals surface area contributed by atoms with Crippen LogP contribution in [-0.2, 0) is 13.0 Å². The van der Waals surface area contributed by atoms with Gasteiger partial charge in [0.05, 0.1) is 12.7 Å². The normalized spacial score (nSPS) is 12.6. The molecule has 5 nitrogen and oxygen atoms in total. The zero-order valence-corrected chi connectivity index (χ0v) is 12.9. The lowest BCUT2D eigenvalue weighted by Gasteiger charge is -2.25. The number of methoxy groups -OCH3 is 1. The summed E-state index contributed by atoms with van der Waals surface area (Å²) in [6, 6.07) is 2.56. The van der Waals surface area contributed by atoms with E-state index >= 15 is 0 Å². The van der Waals surface area contributed by atoms with Crippen LogP contribution in [0.25, 0.3) is 0 Å². The largest absolute Gasteiger partial charge is 0.481 e. The quantitative estimate of drug-likeness (QED) is 0.884. The molecule has 0 radical (unpaired) electrons. The minimum atomic E-state index is 0.397. The molecule has 1 atom stereocenters. The molecule has 6 heteroatoms. The summed E-state index contributed by atoms with van der Waals surface area (Å²) >= 11 is 1.73. The molecule has 0 fully saturated rings. The Morgan fingerprint density at radius 1 is 1.45 bits per heavy atom. The lowest BCUT2D eigenvalue weighted by atomic mass is 10.1. The van der Waals surface area contributed by atoms with Crippen molar-refractivity contribution in [2.45, 2.75) is 25.9 Å². The number of nitrogens with zero attached hydrogens (tertiary/aromatic N) is 3. The fourth-order valence-corrected chi connectivity index (χ4v) is 2.73. The van der Waals surface area contributed by atoms with Crippen LogP contribution in [0.4, 0.5) is 5.82 Å². The first-order valence-corrected chi connectivity index (χ1v) is 7.40. The molecular formula is C14H20N4OS. The van der Waals surface area contributed by atoms with Gasteiger partial charge in [-0.05, 0) is 42.8 Å². The molecule has 0 aliphatic heterocycles. The maximum absolute atomic E-state index is 5.93. The van der Waals surface area contributed by atoms with Crippen molar-refractivity contribution in [3.8, 4) is 5.88 Å². The smallest absolute Gasteiger partial charge is 0.222 e. The van der Waals surface area contributed by atoms with Crippen molar-refractivity contribution < 1.29 is 4.74 Å². The highest BCUT2D eigenvalue weighted by molar-refractivity contribution is 7.07. The summed E-state index contributed by atoms with van der Waals surface area (Å²) in [5.74, 6) is 1.03. The van der Waals surface area contributed by atoms with E-state index in [9.17, 15) is 0 Å². The van der Waals surface area contributed by atoms with Crippen LogP contribution < -0.4 is 10.5 Å². The van der Waals surface area contributed by atoms with Crippen molar-refractivity contribution >= 4 is 17.2 Å². The van der Waals surface area contributed by atoms with Gasteiger partial charge in [-0.25, -0.2) is 9.97 Å². The summed E-state index contributed by atoms with van der Waals surface area (Å²) < 4.78 is 5.26. The molecule has 0 saturated heterocycles. The maximum atomic E-state index is 5.93. The van der Waals surface area contributed by atoms with Gasteiger partial charge >= 0.3 is 0 Å². The molecule has 2 heterocycles. The Balaban J connectivity index is 2.05. The van der Waals surface area contributed by atoms with Crippen LogP contribution in [0.2, 0.25) is 0 Å². The standard InChI is InChI=1S/C14H20N4OS/c1-10(6-11-4-5-20-8-11)18(2)7-12-13(15)16-9-17-14(12)19-3/h4-5,8-10H,6-7H2,1-3H3,(H2,15,16,17)/t10-/m1/s1. The van der Waals surface area contributed by atoms with Gasteiger partial charge in [0.25, 0.3) is 0 Å². The van der Waals surface area contributed by atoms with Gasteiger partial charge in [0.15, 0.2) is 0 Å². The maximum Gasteiger partial charge on any atom is 0.222 e. The van der Waals surface area contributed by atoms with E-state index in [1.165, 1.54) is 11.9 Å². The second-order valence-corrected chi connectivity index (χ2v) is 5.63. The molecule has 0 spiro atoms. The Kier molecular flexibility index (Phi) is 4.92. The fraction of sp³-hybridized carbons (Fsp3) is 0.429. The predicted octanol–water partition coefficient (Wildman–Crippen LogP) is 2.19. The van der Waals surface area contributed by atoms with Crippen molar-refractivity contribution in [2.24, 2.45) is 0 Å². The number of nitrogen functional groups attached to an aromatic ring is 1. The predicted molar refractivity (Wildman–Crippen MR) is 81.9 cm³/mol. The molecule has 0 aliphatic rings. The van der Waals surface area contributed by atoms with Gasteiger partial charge < -0.3 is 10.5 Å². The van der Waals surface area contributed by atoms with E-state index in [4.69, 9.17) is 10.5 Å². The second-order valence-electron chi connectivity index (χ2n) is 4.85. The number of ether oxygens (including phenoxy) is 1. The van der Waals surface area contributed by atoms with E-state index < -0.39 is 0 Å². The molecular weight excluding hydrogens is 272 g/mol. The Bertz CT molecular complexity index is 544. The van der Waals surface area contributed by atoms with Crippen LogP contribution >= 0.6 is 11.3 Å².